The quantitative estimate of drug-likeness (QED) is 0.569. The maximum atomic E-state index is 12.9. The fourth-order valence-electron chi connectivity index (χ4n) is 4.29. The minimum absolute atomic E-state index is 0.0132. The molecule has 1 fully saturated rings. The van der Waals surface area contributed by atoms with Gasteiger partial charge in [-0.05, 0) is 35.1 Å². The summed E-state index contributed by atoms with van der Waals surface area (Å²) in [6.07, 6.45) is 0. The second-order valence-electron chi connectivity index (χ2n) is 8.35. The molecule has 1 aliphatic heterocycles. The van der Waals surface area contributed by atoms with E-state index < -0.39 is 0 Å². The molecule has 0 aliphatic carbocycles. The van der Waals surface area contributed by atoms with Gasteiger partial charge in [0.2, 0.25) is 5.91 Å². The second-order valence-corrected chi connectivity index (χ2v) is 9.38. The van der Waals surface area contributed by atoms with Crippen LogP contribution >= 0.6 is 11.3 Å². The van der Waals surface area contributed by atoms with Crippen molar-refractivity contribution < 1.29 is 14.3 Å². The van der Waals surface area contributed by atoms with E-state index in [1.165, 1.54) is 10.4 Å². The van der Waals surface area contributed by atoms with Crippen molar-refractivity contribution in [3.05, 3.63) is 52.2 Å². The molecule has 2 heterocycles. The van der Waals surface area contributed by atoms with Crippen molar-refractivity contribution in [2.45, 2.75) is 26.3 Å². The van der Waals surface area contributed by atoms with Gasteiger partial charge in [0.05, 0.1) is 13.7 Å². The molecule has 0 bridgehead atoms. The number of carbonyl (C=O) groups excluding carboxylic acids is 1. The lowest BCUT2D eigenvalue weighted by atomic mass is 9.88. The Kier molecular flexibility index (Phi) is 8.31. The molecule has 164 valence electrons. The lowest BCUT2D eigenvalue weighted by Crippen LogP contribution is -2.41. The molecule has 0 radical (unpaired) electrons. The summed E-state index contributed by atoms with van der Waals surface area (Å²) in [5.74, 6) is 1.81. The van der Waals surface area contributed by atoms with Gasteiger partial charge in [-0.15, -0.1) is 11.3 Å². The van der Waals surface area contributed by atoms with Crippen molar-refractivity contribution in [3.8, 4) is 5.75 Å². The Labute approximate surface area is 184 Å². The Hall–Kier alpha value is -1.89. The first kappa shape index (κ1) is 22.8. The third-order valence-corrected chi connectivity index (χ3v) is 6.69. The third-order valence-electron chi connectivity index (χ3n) is 5.82. The number of hydrogen-bond donors (Lipinski definition) is 0. The van der Waals surface area contributed by atoms with E-state index in [0.29, 0.717) is 25.0 Å². The number of ether oxygens (including phenoxy) is 2. The van der Waals surface area contributed by atoms with Crippen LogP contribution in [0.5, 0.6) is 5.75 Å². The van der Waals surface area contributed by atoms with Crippen molar-refractivity contribution in [1.82, 2.24) is 9.80 Å². The average molecular weight is 431 g/mol. The van der Waals surface area contributed by atoms with Crippen molar-refractivity contribution in [1.29, 1.82) is 0 Å². The Morgan fingerprint density at radius 1 is 1.23 bits per heavy atom. The topological polar surface area (TPSA) is 42.0 Å². The molecule has 0 spiro atoms. The van der Waals surface area contributed by atoms with E-state index in [9.17, 15) is 4.79 Å². The zero-order valence-corrected chi connectivity index (χ0v) is 19.4. The number of likely N-dealkylation sites (tertiary alicyclic amines) is 1. The van der Waals surface area contributed by atoms with Crippen LogP contribution in [0, 0.1) is 11.8 Å². The van der Waals surface area contributed by atoms with E-state index in [1.807, 2.05) is 24.8 Å². The monoisotopic (exact) mass is 430 g/mol. The number of thiophene rings is 1. The van der Waals surface area contributed by atoms with Gasteiger partial charge < -0.3 is 14.4 Å². The van der Waals surface area contributed by atoms with Crippen molar-refractivity contribution >= 4 is 17.2 Å². The molecule has 2 aromatic rings. The summed E-state index contributed by atoms with van der Waals surface area (Å²) < 4.78 is 10.8. The SMILES string of the molecule is COCCN(CC1CN(Cc2cccs2)CC1c1cccc(OC)c1)C(=O)C(C)C. The minimum atomic E-state index is -0.0132. The first-order chi connectivity index (χ1) is 14.5. The summed E-state index contributed by atoms with van der Waals surface area (Å²) in [6.45, 7) is 8.83. The zero-order chi connectivity index (χ0) is 21.5. The van der Waals surface area contributed by atoms with Crippen LogP contribution in [0.15, 0.2) is 41.8 Å². The number of amides is 1. The third kappa shape index (κ3) is 5.84. The van der Waals surface area contributed by atoms with Gasteiger partial charge in [-0.1, -0.05) is 32.0 Å². The maximum Gasteiger partial charge on any atom is 0.225 e. The summed E-state index contributed by atoms with van der Waals surface area (Å²) in [7, 11) is 3.40. The zero-order valence-electron chi connectivity index (χ0n) is 18.5. The van der Waals surface area contributed by atoms with E-state index in [-0.39, 0.29) is 11.8 Å². The van der Waals surface area contributed by atoms with Gasteiger partial charge in [-0.2, -0.15) is 0 Å². The smallest absolute Gasteiger partial charge is 0.225 e. The molecule has 2 unspecified atom stereocenters. The Balaban J connectivity index is 1.81. The largest absolute Gasteiger partial charge is 0.497 e. The van der Waals surface area contributed by atoms with Crippen LogP contribution in [-0.4, -0.2) is 62.7 Å². The number of methoxy groups -OCH3 is 2. The highest BCUT2D eigenvalue weighted by atomic mass is 32.1. The van der Waals surface area contributed by atoms with Gasteiger partial charge in [-0.3, -0.25) is 9.69 Å². The minimum Gasteiger partial charge on any atom is -0.497 e. The molecule has 1 aromatic carbocycles. The first-order valence-corrected chi connectivity index (χ1v) is 11.6. The fraction of sp³-hybridized carbons (Fsp3) is 0.542. The van der Waals surface area contributed by atoms with Gasteiger partial charge in [0.1, 0.15) is 5.75 Å². The highest BCUT2D eigenvalue weighted by Crippen LogP contribution is 2.36. The van der Waals surface area contributed by atoms with E-state index in [1.54, 1.807) is 25.6 Å². The molecule has 1 aliphatic rings. The molecule has 3 rings (SSSR count). The van der Waals surface area contributed by atoms with Gasteiger partial charge in [0.15, 0.2) is 0 Å². The molecule has 1 saturated heterocycles. The van der Waals surface area contributed by atoms with Crippen LogP contribution in [0.25, 0.3) is 0 Å². The van der Waals surface area contributed by atoms with E-state index in [4.69, 9.17) is 9.47 Å². The molecule has 1 aromatic heterocycles. The van der Waals surface area contributed by atoms with Crippen molar-refractivity contribution in [2.24, 2.45) is 11.8 Å². The van der Waals surface area contributed by atoms with E-state index in [0.717, 1.165) is 31.9 Å². The molecular formula is C24H34N2O3S. The van der Waals surface area contributed by atoms with E-state index in [2.05, 4.69) is 40.6 Å². The Bertz CT molecular complexity index is 794. The lowest BCUT2D eigenvalue weighted by Gasteiger charge is -2.30. The molecule has 0 N–H and O–H groups in total. The first-order valence-electron chi connectivity index (χ1n) is 10.7. The molecule has 30 heavy (non-hydrogen) atoms. The highest BCUT2D eigenvalue weighted by Gasteiger charge is 2.36. The van der Waals surface area contributed by atoms with Gasteiger partial charge in [0.25, 0.3) is 0 Å². The second kappa shape index (κ2) is 10.9. The number of carbonyl (C=O) groups is 1. The number of benzene rings is 1. The maximum absolute atomic E-state index is 12.9. The van der Waals surface area contributed by atoms with Crippen LogP contribution in [0.3, 0.4) is 0 Å². The summed E-state index contributed by atoms with van der Waals surface area (Å²) in [5.41, 5.74) is 1.29. The standard InChI is InChI=1S/C24H34N2O3S/c1-18(2)24(27)26(10-11-28-3)15-20-14-25(16-22-9-6-12-30-22)17-23(20)19-7-5-8-21(13-19)29-4/h5-9,12-13,18,20,23H,10-11,14-17H2,1-4H3. The van der Waals surface area contributed by atoms with Crippen molar-refractivity contribution in [3.63, 3.8) is 0 Å². The van der Waals surface area contributed by atoms with Crippen LogP contribution < -0.4 is 4.74 Å². The van der Waals surface area contributed by atoms with Crippen molar-refractivity contribution in [2.75, 3.05) is 47.0 Å². The number of hydrogen-bond acceptors (Lipinski definition) is 5. The summed E-state index contributed by atoms with van der Waals surface area (Å²) in [4.78, 5) is 18.8. The van der Waals surface area contributed by atoms with Crippen LogP contribution in [-0.2, 0) is 16.1 Å². The molecule has 6 heteroatoms. The lowest BCUT2D eigenvalue weighted by molar-refractivity contribution is -0.135. The molecular weight excluding hydrogens is 396 g/mol. The molecule has 2 atom stereocenters. The number of rotatable bonds is 10. The van der Waals surface area contributed by atoms with Gasteiger partial charge >= 0.3 is 0 Å². The summed E-state index contributed by atoms with van der Waals surface area (Å²) in [6, 6.07) is 12.7. The van der Waals surface area contributed by atoms with Crippen LogP contribution in [0.2, 0.25) is 0 Å². The highest BCUT2D eigenvalue weighted by molar-refractivity contribution is 7.09. The van der Waals surface area contributed by atoms with E-state index >= 15 is 0 Å². The fourth-order valence-corrected chi connectivity index (χ4v) is 5.03. The summed E-state index contributed by atoms with van der Waals surface area (Å²) >= 11 is 1.81. The van der Waals surface area contributed by atoms with Gasteiger partial charge in [-0.25, -0.2) is 0 Å². The summed E-state index contributed by atoms with van der Waals surface area (Å²) in [5, 5.41) is 2.14. The Morgan fingerprint density at radius 2 is 2.07 bits per heavy atom. The molecule has 0 saturated carbocycles. The average Bonchev–Trinajstić information content (AvgIpc) is 3.40. The predicted octanol–water partition coefficient (Wildman–Crippen LogP) is 4.10. The van der Waals surface area contributed by atoms with Crippen LogP contribution in [0.4, 0.5) is 0 Å². The number of nitrogens with zero attached hydrogens (tertiary/aromatic N) is 2. The normalized spacial score (nSPS) is 19.4. The predicted molar refractivity (Wildman–Crippen MR) is 122 cm³/mol. The van der Waals surface area contributed by atoms with Crippen LogP contribution in [0.1, 0.15) is 30.2 Å². The molecule has 5 nitrogen and oxygen atoms in total. The Morgan fingerprint density at radius 3 is 2.73 bits per heavy atom. The molecule has 1 amide bonds. The van der Waals surface area contributed by atoms with Gasteiger partial charge in [0, 0.05) is 56.5 Å².